The van der Waals surface area contributed by atoms with Gasteiger partial charge in [-0.05, 0) is 28.1 Å². The second-order valence-electron chi connectivity index (χ2n) is 3.38. The molecule has 0 bridgehead atoms. The van der Waals surface area contributed by atoms with Gasteiger partial charge >= 0.3 is 0 Å². The summed E-state index contributed by atoms with van der Waals surface area (Å²) in [6, 6.07) is 5.17. The van der Waals surface area contributed by atoms with Gasteiger partial charge in [-0.25, -0.2) is 9.97 Å². The van der Waals surface area contributed by atoms with Gasteiger partial charge in [-0.15, -0.1) is 0 Å². The van der Waals surface area contributed by atoms with Crippen LogP contribution in [0.5, 0.6) is 0 Å². The maximum Gasteiger partial charge on any atom is 0.275 e. The summed E-state index contributed by atoms with van der Waals surface area (Å²) in [5.74, 6) is -0.124. The molecular weight excluding hydrogens is 320 g/mol. The molecule has 1 aromatic carbocycles. The monoisotopic (exact) mass is 326 g/mol. The number of hydrogen-bond acceptors (Lipinski definition) is 4. The zero-order chi connectivity index (χ0) is 13.1. The summed E-state index contributed by atoms with van der Waals surface area (Å²) < 4.78 is 0.614. The van der Waals surface area contributed by atoms with Crippen LogP contribution in [0, 0.1) is 0 Å². The topological polar surface area (TPSA) is 80.9 Å². The van der Waals surface area contributed by atoms with Crippen molar-refractivity contribution in [3.8, 4) is 0 Å². The molecule has 0 aliphatic carbocycles. The number of nitrogens with one attached hydrogen (secondary N) is 1. The van der Waals surface area contributed by atoms with Crippen LogP contribution in [0.4, 0.5) is 11.5 Å². The summed E-state index contributed by atoms with van der Waals surface area (Å²) in [4.78, 5) is 19.5. The van der Waals surface area contributed by atoms with Crippen molar-refractivity contribution in [2.75, 3.05) is 11.1 Å². The first-order valence-corrected chi connectivity index (χ1v) is 6.08. The molecule has 1 aromatic heterocycles. The fourth-order valence-electron chi connectivity index (χ4n) is 1.24. The Morgan fingerprint density at radius 2 is 2.11 bits per heavy atom. The zero-order valence-corrected chi connectivity index (χ0v) is 11.4. The first-order chi connectivity index (χ1) is 8.58. The number of nitrogens with two attached hydrogens (primary N) is 1. The van der Waals surface area contributed by atoms with E-state index >= 15 is 0 Å². The maximum atomic E-state index is 11.9. The molecule has 92 valence electrons. The Kier molecular flexibility index (Phi) is 3.78. The molecule has 0 unspecified atom stereocenters. The normalized spacial score (nSPS) is 10.1. The van der Waals surface area contributed by atoms with Crippen molar-refractivity contribution in [3.05, 3.63) is 45.8 Å². The fraction of sp³-hybridized carbons (Fsp3) is 0. The number of rotatable bonds is 2. The number of nitrogens with zero attached hydrogens (tertiary/aromatic N) is 2. The van der Waals surface area contributed by atoms with Crippen LogP contribution in [0.1, 0.15) is 10.5 Å². The van der Waals surface area contributed by atoms with Crippen LogP contribution in [0.2, 0.25) is 5.02 Å². The molecule has 0 spiro atoms. The third kappa shape index (κ3) is 2.77. The van der Waals surface area contributed by atoms with Crippen LogP contribution in [0.15, 0.2) is 35.1 Å². The maximum absolute atomic E-state index is 11.9. The Morgan fingerprint density at radius 1 is 1.33 bits per heavy atom. The van der Waals surface area contributed by atoms with E-state index in [4.69, 9.17) is 17.3 Å². The quantitative estimate of drug-likeness (QED) is 0.888. The molecule has 0 radical (unpaired) electrons. The van der Waals surface area contributed by atoms with Gasteiger partial charge in [0.1, 0.15) is 11.5 Å². The molecule has 1 heterocycles. The molecule has 2 rings (SSSR count). The summed E-state index contributed by atoms with van der Waals surface area (Å²) in [6.45, 7) is 0. The van der Waals surface area contributed by atoms with Gasteiger partial charge in [-0.1, -0.05) is 17.7 Å². The van der Waals surface area contributed by atoms with E-state index in [1.807, 2.05) is 0 Å². The second-order valence-corrected chi connectivity index (χ2v) is 4.58. The number of benzene rings is 1. The highest BCUT2D eigenvalue weighted by Crippen LogP contribution is 2.30. The Bertz CT molecular complexity index is 588. The molecule has 0 saturated heterocycles. The SMILES string of the molecule is Nc1cnc(C(=O)Nc2cccc(Cl)c2Br)cn1. The van der Waals surface area contributed by atoms with E-state index in [1.165, 1.54) is 12.4 Å². The molecule has 0 atom stereocenters. The molecule has 7 heteroatoms. The summed E-state index contributed by atoms with van der Waals surface area (Å²) in [6.07, 6.45) is 2.63. The van der Waals surface area contributed by atoms with Gasteiger partial charge in [0.2, 0.25) is 0 Å². The van der Waals surface area contributed by atoms with Crippen LogP contribution in [0.3, 0.4) is 0 Å². The van der Waals surface area contributed by atoms with E-state index in [-0.39, 0.29) is 17.4 Å². The molecule has 5 nitrogen and oxygen atoms in total. The fourth-order valence-corrected chi connectivity index (χ4v) is 1.78. The highest BCUT2D eigenvalue weighted by atomic mass is 79.9. The van der Waals surface area contributed by atoms with Crippen molar-refractivity contribution >= 4 is 44.9 Å². The molecule has 1 amide bonds. The van der Waals surface area contributed by atoms with E-state index < -0.39 is 0 Å². The van der Waals surface area contributed by atoms with Crippen molar-refractivity contribution < 1.29 is 4.79 Å². The number of anilines is 2. The molecule has 0 saturated carbocycles. The van der Waals surface area contributed by atoms with E-state index in [9.17, 15) is 4.79 Å². The van der Waals surface area contributed by atoms with Gasteiger partial charge < -0.3 is 11.1 Å². The summed E-state index contributed by atoms with van der Waals surface area (Å²) >= 11 is 9.21. The Labute approximate surface area is 117 Å². The number of amides is 1. The Morgan fingerprint density at radius 3 is 2.78 bits per heavy atom. The van der Waals surface area contributed by atoms with Crippen molar-refractivity contribution in [2.24, 2.45) is 0 Å². The van der Waals surface area contributed by atoms with E-state index in [0.717, 1.165) is 0 Å². The molecule has 0 fully saturated rings. The molecule has 3 N–H and O–H groups in total. The number of aromatic nitrogens is 2. The van der Waals surface area contributed by atoms with E-state index in [1.54, 1.807) is 18.2 Å². The largest absolute Gasteiger partial charge is 0.382 e. The van der Waals surface area contributed by atoms with Gasteiger partial charge in [-0.3, -0.25) is 4.79 Å². The zero-order valence-electron chi connectivity index (χ0n) is 9.02. The van der Waals surface area contributed by atoms with Crippen molar-refractivity contribution in [1.82, 2.24) is 9.97 Å². The van der Waals surface area contributed by atoms with E-state index in [0.29, 0.717) is 15.2 Å². The lowest BCUT2D eigenvalue weighted by Crippen LogP contribution is -2.14. The number of nitrogen functional groups attached to an aromatic ring is 1. The van der Waals surface area contributed by atoms with Gasteiger partial charge in [0.15, 0.2) is 0 Å². The number of hydrogen-bond donors (Lipinski definition) is 2. The molecular formula is C11H8BrClN4O. The summed E-state index contributed by atoms with van der Waals surface area (Å²) in [7, 11) is 0. The van der Waals surface area contributed by atoms with E-state index in [2.05, 4.69) is 31.2 Å². The van der Waals surface area contributed by atoms with Crippen LogP contribution in [-0.4, -0.2) is 15.9 Å². The summed E-state index contributed by atoms with van der Waals surface area (Å²) in [5.41, 5.74) is 6.13. The first-order valence-electron chi connectivity index (χ1n) is 4.91. The van der Waals surface area contributed by atoms with Gasteiger partial charge in [0.05, 0.1) is 27.6 Å². The molecule has 2 aromatic rings. The van der Waals surface area contributed by atoms with Crippen LogP contribution in [0.25, 0.3) is 0 Å². The third-order valence-corrected chi connectivity index (χ3v) is 3.50. The average Bonchev–Trinajstić information content (AvgIpc) is 2.36. The van der Waals surface area contributed by atoms with Gasteiger partial charge in [0, 0.05) is 0 Å². The number of carbonyl (C=O) groups is 1. The van der Waals surface area contributed by atoms with Gasteiger partial charge in [0.25, 0.3) is 5.91 Å². The predicted octanol–water partition coefficient (Wildman–Crippen LogP) is 2.73. The number of carbonyl (C=O) groups excluding carboxylic acids is 1. The average molecular weight is 328 g/mol. The van der Waals surface area contributed by atoms with Crippen LogP contribution in [-0.2, 0) is 0 Å². The third-order valence-electron chi connectivity index (χ3n) is 2.10. The number of halogens is 2. The smallest absolute Gasteiger partial charge is 0.275 e. The first kappa shape index (κ1) is 12.8. The van der Waals surface area contributed by atoms with Crippen LogP contribution >= 0.6 is 27.5 Å². The lowest BCUT2D eigenvalue weighted by atomic mass is 10.3. The lowest BCUT2D eigenvalue weighted by Gasteiger charge is -2.07. The molecule has 0 aliphatic heterocycles. The highest BCUT2D eigenvalue weighted by molar-refractivity contribution is 9.10. The van der Waals surface area contributed by atoms with Crippen LogP contribution < -0.4 is 11.1 Å². The second kappa shape index (κ2) is 5.32. The predicted molar refractivity (Wildman–Crippen MR) is 73.5 cm³/mol. The highest BCUT2D eigenvalue weighted by Gasteiger charge is 2.11. The summed E-state index contributed by atoms with van der Waals surface area (Å²) in [5, 5.41) is 3.18. The minimum absolute atomic E-state index is 0.177. The minimum atomic E-state index is -0.384. The molecule has 18 heavy (non-hydrogen) atoms. The molecule has 0 aliphatic rings. The van der Waals surface area contributed by atoms with Crippen molar-refractivity contribution in [3.63, 3.8) is 0 Å². The van der Waals surface area contributed by atoms with Crippen molar-refractivity contribution in [2.45, 2.75) is 0 Å². The standard InChI is InChI=1S/C11H8BrClN4O/c12-10-6(13)2-1-3-7(10)17-11(18)8-4-16-9(14)5-15-8/h1-5H,(H2,14,16)(H,17,18). The Balaban J connectivity index is 2.21. The van der Waals surface area contributed by atoms with Gasteiger partial charge in [-0.2, -0.15) is 0 Å². The van der Waals surface area contributed by atoms with Crippen molar-refractivity contribution in [1.29, 1.82) is 0 Å². The Hall–Kier alpha value is -1.66. The minimum Gasteiger partial charge on any atom is -0.382 e. The lowest BCUT2D eigenvalue weighted by molar-refractivity contribution is 0.102.